The Morgan fingerprint density at radius 2 is 1.47 bits per heavy atom. The fourth-order valence-electron chi connectivity index (χ4n) is 5.06. The number of rotatable bonds is 6. The summed E-state index contributed by atoms with van der Waals surface area (Å²) in [5, 5.41) is 0. The average Bonchev–Trinajstić information content (AvgIpc) is 3.25. The van der Waals surface area contributed by atoms with Crippen molar-refractivity contribution in [3.05, 3.63) is 54.2 Å². The standard InChI is InChI=1S/C29H35N5O2/c1-19(2)33-13-15-34(16-14-33)23-10-7-21(8-11-23)24-18-25-28(20(3)30-24)31-29(32(25)4)22-9-12-26(35-5)27(17-22)36-6/h7-12,17-19H,13-16H2,1-6H3. The van der Waals surface area contributed by atoms with Gasteiger partial charge in [0.15, 0.2) is 11.5 Å². The highest BCUT2D eigenvalue weighted by Gasteiger charge is 2.20. The van der Waals surface area contributed by atoms with Crippen LogP contribution < -0.4 is 14.4 Å². The first kappa shape index (κ1) is 24.1. The third kappa shape index (κ3) is 4.39. The Hall–Kier alpha value is -3.58. The number of anilines is 1. The van der Waals surface area contributed by atoms with Crippen LogP contribution in [0.4, 0.5) is 5.69 Å². The molecule has 1 saturated heterocycles. The van der Waals surface area contributed by atoms with E-state index in [0.29, 0.717) is 17.5 Å². The van der Waals surface area contributed by atoms with E-state index in [2.05, 4.69) is 58.5 Å². The van der Waals surface area contributed by atoms with Crippen LogP contribution in [0, 0.1) is 6.92 Å². The van der Waals surface area contributed by atoms with Crippen molar-refractivity contribution in [1.29, 1.82) is 0 Å². The van der Waals surface area contributed by atoms with Gasteiger partial charge in [-0.3, -0.25) is 9.88 Å². The van der Waals surface area contributed by atoms with Gasteiger partial charge in [0.2, 0.25) is 0 Å². The summed E-state index contributed by atoms with van der Waals surface area (Å²) in [5.41, 5.74) is 7.18. The lowest BCUT2D eigenvalue weighted by Crippen LogP contribution is -2.48. The van der Waals surface area contributed by atoms with Crippen molar-refractivity contribution in [2.45, 2.75) is 26.8 Å². The number of nitrogens with zero attached hydrogens (tertiary/aromatic N) is 5. The summed E-state index contributed by atoms with van der Waals surface area (Å²) in [4.78, 5) is 14.9. The number of imidazole rings is 1. The van der Waals surface area contributed by atoms with Crippen molar-refractivity contribution in [2.75, 3.05) is 45.3 Å². The number of aromatic nitrogens is 3. The number of piperazine rings is 1. The number of hydrogen-bond donors (Lipinski definition) is 0. The van der Waals surface area contributed by atoms with E-state index in [-0.39, 0.29) is 0 Å². The zero-order valence-corrected chi connectivity index (χ0v) is 22.1. The maximum Gasteiger partial charge on any atom is 0.161 e. The second-order valence-electron chi connectivity index (χ2n) is 9.69. The number of pyridine rings is 1. The molecular weight excluding hydrogens is 450 g/mol. The number of hydrogen-bond acceptors (Lipinski definition) is 6. The van der Waals surface area contributed by atoms with Crippen LogP contribution >= 0.6 is 0 Å². The van der Waals surface area contributed by atoms with Gasteiger partial charge in [0.05, 0.1) is 31.1 Å². The molecule has 5 rings (SSSR count). The number of benzene rings is 2. The minimum atomic E-state index is 0.609. The van der Waals surface area contributed by atoms with Crippen LogP contribution in [0.2, 0.25) is 0 Å². The van der Waals surface area contributed by atoms with E-state index < -0.39 is 0 Å². The molecule has 188 valence electrons. The highest BCUT2D eigenvalue weighted by molar-refractivity contribution is 5.86. The SMILES string of the molecule is COc1ccc(-c2nc3c(C)nc(-c4ccc(N5CCN(C(C)C)CC5)cc4)cc3n2C)cc1OC. The average molecular weight is 486 g/mol. The largest absolute Gasteiger partial charge is 0.493 e. The fraction of sp³-hybridized carbons (Fsp3) is 0.379. The lowest BCUT2D eigenvalue weighted by Gasteiger charge is -2.38. The molecule has 0 saturated carbocycles. The van der Waals surface area contributed by atoms with E-state index in [4.69, 9.17) is 19.4 Å². The van der Waals surface area contributed by atoms with Crippen molar-refractivity contribution in [3.63, 3.8) is 0 Å². The van der Waals surface area contributed by atoms with Gasteiger partial charge < -0.3 is 18.9 Å². The molecule has 4 aromatic rings. The van der Waals surface area contributed by atoms with Gasteiger partial charge in [-0.05, 0) is 57.2 Å². The predicted octanol–water partition coefficient (Wildman–Crippen LogP) is 5.16. The Labute approximate surface area is 213 Å². The summed E-state index contributed by atoms with van der Waals surface area (Å²) in [7, 11) is 5.33. The van der Waals surface area contributed by atoms with E-state index in [9.17, 15) is 0 Å². The fourth-order valence-corrected chi connectivity index (χ4v) is 5.06. The van der Waals surface area contributed by atoms with Crippen molar-refractivity contribution in [1.82, 2.24) is 19.4 Å². The van der Waals surface area contributed by atoms with E-state index in [1.165, 1.54) is 5.69 Å². The Morgan fingerprint density at radius 3 is 2.11 bits per heavy atom. The Balaban J connectivity index is 1.44. The normalized spacial score (nSPS) is 14.6. The first-order valence-electron chi connectivity index (χ1n) is 12.6. The summed E-state index contributed by atoms with van der Waals surface area (Å²) in [6.07, 6.45) is 0. The molecule has 36 heavy (non-hydrogen) atoms. The highest BCUT2D eigenvalue weighted by Crippen LogP contribution is 2.34. The number of ether oxygens (including phenoxy) is 2. The molecule has 1 aliphatic rings. The molecule has 0 radical (unpaired) electrons. The van der Waals surface area contributed by atoms with E-state index in [1.807, 2.05) is 32.2 Å². The van der Waals surface area contributed by atoms with Crippen LogP contribution in [-0.4, -0.2) is 65.9 Å². The maximum absolute atomic E-state index is 5.50. The van der Waals surface area contributed by atoms with Crippen LogP contribution in [-0.2, 0) is 7.05 Å². The third-order valence-electron chi connectivity index (χ3n) is 7.26. The van der Waals surface area contributed by atoms with E-state index in [0.717, 1.165) is 65.6 Å². The highest BCUT2D eigenvalue weighted by atomic mass is 16.5. The molecule has 2 aromatic carbocycles. The lowest BCUT2D eigenvalue weighted by atomic mass is 10.1. The summed E-state index contributed by atoms with van der Waals surface area (Å²) in [6.45, 7) is 10.9. The molecule has 0 unspecified atom stereocenters. The van der Waals surface area contributed by atoms with Gasteiger partial charge in [0.25, 0.3) is 0 Å². The van der Waals surface area contributed by atoms with Gasteiger partial charge in [0, 0.05) is 56.1 Å². The molecule has 0 amide bonds. The predicted molar refractivity (Wildman–Crippen MR) is 146 cm³/mol. The van der Waals surface area contributed by atoms with Crippen molar-refractivity contribution in [2.24, 2.45) is 7.05 Å². The van der Waals surface area contributed by atoms with Gasteiger partial charge in [0.1, 0.15) is 11.3 Å². The molecule has 2 aromatic heterocycles. The van der Waals surface area contributed by atoms with E-state index in [1.54, 1.807) is 14.2 Å². The summed E-state index contributed by atoms with van der Waals surface area (Å²) < 4.78 is 13.0. The Bertz CT molecular complexity index is 1370. The molecular formula is C29H35N5O2. The molecule has 0 N–H and O–H groups in total. The maximum atomic E-state index is 5.50. The monoisotopic (exact) mass is 485 g/mol. The number of methoxy groups -OCH3 is 2. The molecule has 1 aliphatic heterocycles. The molecule has 0 aliphatic carbocycles. The zero-order valence-electron chi connectivity index (χ0n) is 22.1. The van der Waals surface area contributed by atoms with E-state index >= 15 is 0 Å². The summed E-state index contributed by atoms with van der Waals surface area (Å²) in [5.74, 6) is 2.25. The zero-order chi connectivity index (χ0) is 25.4. The minimum absolute atomic E-state index is 0.609. The topological polar surface area (TPSA) is 55.7 Å². The van der Waals surface area contributed by atoms with Crippen LogP contribution in [0.3, 0.4) is 0 Å². The Kier molecular flexibility index (Phi) is 6.58. The molecule has 7 heteroatoms. The summed E-state index contributed by atoms with van der Waals surface area (Å²) in [6, 6.07) is 17.4. The van der Waals surface area contributed by atoms with Gasteiger partial charge in [-0.25, -0.2) is 4.98 Å². The lowest BCUT2D eigenvalue weighted by molar-refractivity contribution is 0.209. The van der Waals surface area contributed by atoms with Crippen LogP contribution in [0.25, 0.3) is 33.7 Å². The third-order valence-corrected chi connectivity index (χ3v) is 7.26. The van der Waals surface area contributed by atoms with Gasteiger partial charge >= 0.3 is 0 Å². The smallest absolute Gasteiger partial charge is 0.161 e. The molecule has 0 bridgehead atoms. The first-order valence-corrected chi connectivity index (χ1v) is 12.6. The van der Waals surface area contributed by atoms with Crippen molar-refractivity contribution in [3.8, 4) is 34.1 Å². The molecule has 0 spiro atoms. The number of fused-ring (bicyclic) bond motifs is 1. The molecule has 1 fully saturated rings. The molecule has 0 atom stereocenters. The molecule has 3 heterocycles. The quantitative estimate of drug-likeness (QED) is 0.376. The van der Waals surface area contributed by atoms with Crippen LogP contribution in [0.1, 0.15) is 19.5 Å². The minimum Gasteiger partial charge on any atom is -0.493 e. The first-order chi connectivity index (χ1) is 17.4. The van der Waals surface area contributed by atoms with Crippen molar-refractivity contribution >= 4 is 16.7 Å². The van der Waals surface area contributed by atoms with Gasteiger partial charge in [-0.2, -0.15) is 0 Å². The number of aryl methyl sites for hydroxylation is 2. The van der Waals surface area contributed by atoms with Crippen LogP contribution in [0.15, 0.2) is 48.5 Å². The molecule has 7 nitrogen and oxygen atoms in total. The van der Waals surface area contributed by atoms with Gasteiger partial charge in [-0.15, -0.1) is 0 Å². The second-order valence-corrected chi connectivity index (χ2v) is 9.69. The second kappa shape index (κ2) is 9.82. The summed E-state index contributed by atoms with van der Waals surface area (Å²) >= 11 is 0. The van der Waals surface area contributed by atoms with Crippen LogP contribution in [0.5, 0.6) is 11.5 Å². The van der Waals surface area contributed by atoms with Gasteiger partial charge in [-0.1, -0.05) is 12.1 Å². The Morgan fingerprint density at radius 1 is 0.806 bits per heavy atom. The van der Waals surface area contributed by atoms with Crippen molar-refractivity contribution < 1.29 is 9.47 Å².